The number of halogens is 1. The number of aromatic nitrogens is 4. The predicted octanol–water partition coefficient (Wildman–Crippen LogP) is 10.5. The number of amides is 3. The largest absolute Gasteiger partial charge is 1.00 e. The van der Waals surface area contributed by atoms with Crippen molar-refractivity contribution in [1.82, 2.24) is 35.0 Å². The van der Waals surface area contributed by atoms with Crippen LogP contribution in [-0.4, -0.2) is 248 Å². The van der Waals surface area contributed by atoms with Gasteiger partial charge in [0.25, 0.3) is 11.8 Å². The van der Waals surface area contributed by atoms with E-state index in [0.717, 1.165) is 111 Å². The Balaban J connectivity index is 0.000000198. The molecule has 6 N–H and O–H groups in total. The summed E-state index contributed by atoms with van der Waals surface area (Å²) in [6.07, 6.45) is 9.56. The molecule has 3 amide bonds. The number of carboxylic acid groups (broad SMARTS) is 1. The number of ether oxygens (including phenoxy) is 7. The molecular formula is C100H119BrN9NaO29S5. The molecule has 7 unspecified atom stereocenters. The van der Waals surface area contributed by atoms with Crippen LogP contribution < -0.4 is 59.0 Å². The summed E-state index contributed by atoms with van der Waals surface area (Å²) < 4.78 is 162. The summed E-state index contributed by atoms with van der Waals surface area (Å²) in [6, 6.07) is 40.3. The maximum atomic E-state index is 12.4. The third-order valence-corrected chi connectivity index (χ3v) is 28.3. The number of carbonyl (C=O) groups excluding carboxylic acids is 5. The molecule has 5 heterocycles. The number of oxime groups is 1. The van der Waals surface area contributed by atoms with Crippen LogP contribution in [0.3, 0.4) is 0 Å². The Kier molecular flexibility index (Phi) is 40.9. The Bertz CT molecular complexity index is 6720. The number of benzene rings is 8. The number of carboxylic acids is 1. The minimum atomic E-state index is -3.55. The van der Waals surface area contributed by atoms with Gasteiger partial charge in [0.2, 0.25) is 29.4 Å². The average Bonchev–Trinajstić information content (AvgIpc) is 1.50. The van der Waals surface area contributed by atoms with Gasteiger partial charge in [-0.3, -0.25) is 18.6 Å². The minimum Gasteiger partial charge on any atom is -0.773 e. The fourth-order valence-electron chi connectivity index (χ4n) is 17.7. The van der Waals surface area contributed by atoms with E-state index < -0.39 is 62.4 Å². The topological polar surface area (TPSA) is 551 Å². The van der Waals surface area contributed by atoms with E-state index in [1.807, 2.05) is 95.0 Å². The number of methoxy groups -OCH3 is 2. The van der Waals surface area contributed by atoms with Crippen molar-refractivity contribution in [1.29, 1.82) is 0 Å². The van der Waals surface area contributed by atoms with E-state index >= 15 is 0 Å². The van der Waals surface area contributed by atoms with Crippen molar-refractivity contribution in [3.63, 3.8) is 0 Å². The zero-order valence-corrected chi connectivity index (χ0v) is 91.4. The molecule has 0 spiro atoms. The van der Waals surface area contributed by atoms with Crippen LogP contribution >= 0.6 is 15.9 Å². The number of β-amino-alcohol motifs (C(OH)–C–C–N with tert-alkyl or cyclic N) is 2. The van der Waals surface area contributed by atoms with Gasteiger partial charge in [-0.25, -0.2) is 48.1 Å². The second-order valence-electron chi connectivity index (χ2n) is 35.9. The number of rotatable bonds is 28. The number of aliphatic hydroxyl groups excluding tert-OH is 2. The number of aliphatic hydroxyl groups is 2. The molecule has 7 atom stereocenters. The van der Waals surface area contributed by atoms with Crippen molar-refractivity contribution in [2.45, 2.75) is 189 Å². The Labute approximate surface area is 875 Å². The Morgan fingerprint density at radius 1 is 0.483 bits per heavy atom. The zero-order chi connectivity index (χ0) is 106. The van der Waals surface area contributed by atoms with Gasteiger partial charge in [-0.05, 0) is 259 Å². The zero-order valence-electron chi connectivity index (χ0n) is 83.8. The third-order valence-electron chi connectivity index (χ3n) is 23.2. The number of amidine groups is 1. The summed E-state index contributed by atoms with van der Waals surface area (Å²) in [5, 5.41) is 48.0. The molecule has 0 radical (unpaired) electrons. The molecule has 3 aliphatic heterocycles. The normalized spacial score (nSPS) is 17.0. The third kappa shape index (κ3) is 29.5. The molecule has 0 saturated carbocycles. The number of nitrogens with two attached hydrogens (primary N) is 1. The SMILES string of the molecule is CC(C)Oc1ccc(-c2nc(-c3cccc4c3CC3CC(=O)N(CCO)C43)no2)cc1S(C)(=O)=O.CC(C)Oc1ccc(-c2nc(-c3cccc4c3CC3CC(=O)N(CCO)C43)no2)cc1S(C)(=O)=O.CC(C)Oc1ccc(C(=O)O)cc1S(C)(=O)=O.CCCN1C(=O)CC2Cc3c(/C(N)=N/O)cccc3C21.COC(=O)c1ccc(OC(C)C)c(Br)c1.COC(=O)c1ccc(OC(C)C)c(S(C)(=O)=O)c1.CS(=O)[O-].[Na+]. The summed E-state index contributed by atoms with van der Waals surface area (Å²) in [5.41, 5.74) is 16.3. The van der Waals surface area contributed by atoms with Crippen LogP contribution in [0.25, 0.3) is 45.7 Å². The maximum Gasteiger partial charge on any atom is 1.00 e. The van der Waals surface area contributed by atoms with Crippen LogP contribution in [0.5, 0.6) is 28.7 Å². The monoisotopic (exact) mass is 2170 g/mol. The Hall–Kier alpha value is -11.6. The van der Waals surface area contributed by atoms with Gasteiger partial charge in [0, 0.05) is 91.7 Å². The van der Waals surface area contributed by atoms with Gasteiger partial charge in [0.15, 0.2) is 45.2 Å². The van der Waals surface area contributed by atoms with Crippen molar-refractivity contribution in [2.24, 2.45) is 28.6 Å². The van der Waals surface area contributed by atoms with E-state index in [4.69, 9.17) is 57.5 Å². The van der Waals surface area contributed by atoms with Crippen LogP contribution in [0.2, 0.25) is 0 Å². The molecule has 38 nitrogen and oxygen atoms in total. The van der Waals surface area contributed by atoms with E-state index in [2.05, 4.69) is 63.8 Å². The molecule has 16 rings (SSSR count). The average molecular weight is 2170 g/mol. The molecule has 2 aromatic heterocycles. The fraction of sp³-hybridized carbons (Fsp3) is 0.410. The molecule has 3 aliphatic carbocycles. The van der Waals surface area contributed by atoms with E-state index in [0.29, 0.717) is 79.5 Å². The van der Waals surface area contributed by atoms with E-state index in [1.54, 1.807) is 80.0 Å². The van der Waals surface area contributed by atoms with Crippen molar-refractivity contribution in [3.05, 3.63) is 206 Å². The summed E-state index contributed by atoms with van der Waals surface area (Å²) in [5.74, 6) is 1.96. The minimum absolute atomic E-state index is 0. The van der Waals surface area contributed by atoms with E-state index in [1.165, 1.54) is 62.2 Å². The molecule has 45 heteroatoms. The molecule has 0 bridgehead atoms. The van der Waals surface area contributed by atoms with Crippen LogP contribution in [0.4, 0.5) is 0 Å². The summed E-state index contributed by atoms with van der Waals surface area (Å²) in [4.78, 5) is 84.9. The standard InChI is InChI=1S/2C25H27N3O6S.C15H19N3O2.C12H16O5S.C11H13BrO3.C11H14O5S.CH4O2S.Na/c2*1-14(2)33-20-8-7-15(12-21(20)35(3,31)32)25-26-24(27-34-25)18-6-4-5-17-19(18)11-16-13-22(30)28(9-10-29)23(16)17;1-2-6-18-13(19)8-9-7-12-10(14(9)18)4-3-5-11(12)15(16)17-20;1-8(2)17-10-6-5-9(12(13)16-3)7-11(10)18(4,14)15;1-7(2)15-10-5-4-8(6-9(10)12)11(13)14-3;1-7(2)16-9-5-4-8(11(12)13)6-10(9)17(3,14)15;1-4(2)3;/h2*4-8,12,14,16,23,29H,9-11,13H2,1-3H3;3-5,9,14,20H,2,6-8H2,1H3,(H2,16,17);5-8H,1-4H3;4-7H,1-3H3;4-7H,1-3H3,(H,12,13);1H3,(H,2,3);/q;;;;;;;+1/p-1. The predicted molar refractivity (Wildman–Crippen MR) is 535 cm³/mol. The number of carbonyl (C=O) groups is 6. The number of sulfone groups is 4. The van der Waals surface area contributed by atoms with Crippen molar-refractivity contribution in [3.8, 4) is 74.4 Å². The number of likely N-dealkylation sites (tertiary alicyclic amines) is 3. The van der Waals surface area contributed by atoms with Crippen LogP contribution in [0.15, 0.2) is 184 Å². The first kappa shape index (κ1) is 117. The van der Waals surface area contributed by atoms with Crippen LogP contribution in [-0.2, 0) is 93.5 Å². The van der Waals surface area contributed by atoms with Gasteiger partial charge >= 0.3 is 47.5 Å². The van der Waals surface area contributed by atoms with Gasteiger partial charge in [0.1, 0.15) is 48.3 Å². The van der Waals surface area contributed by atoms with Gasteiger partial charge in [-0.2, -0.15) is 9.97 Å². The molecule has 3 fully saturated rings. The van der Waals surface area contributed by atoms with Gasteiger partial charge in [-0.15, -0.1) is 0 Å². The maximum absolute atomic E-state index is 12.4. The summed E-state index contributed by atoms with van der Waals surface area (Å²) >= 11 is 1.48. The second kappa shape index (κ2) is 50.7. The van der Waals surface area contributed by atoms with E-state index in [9.17, 15) is 72.7 Å². The summed E-state index contributed by atoms with van der Waals surface area (Å²) in [6.45, 7) is 21.7. The van der Waals surface area contributed by atoms with Crippen LogP contribution in [0, 0.1) is 17.8 Å². The van der Waals surface area contributed by atoms with Gasteiger partial charge in [0.05, 0.1) is 97.2 Å². The molecule has 3 saturated heterocycles. The number of hydrogen-bond acceptors (Lipinski definition) is 33. The molecule has 145 heavy (non-hydrogen) atoms. The number of esters is 2. The fourth-order valence-corrected chi connectivity index (χ4v) is 21.5. The molecular weight excluding hydrogens is 2050 g/mol. The van der Waals surface area contributed by atoms with Gasteiger partial charge < -0.3 is 87.7 Å². The first-order valence-electron chi connectivity index (χ1n) is 45.8. The number of aromatic carboxylic acids is 1. The van der Waals surface area contributed by atoms with Gasteiger partial charge in [-0.1, -0.05) is 88.1 Å². The van der Waals surface area contributed by atoms with Crippen molar-refractivity contribution in [2.75, 3.05) is 78.3 Å². The molecule has 776 valence electrons. The number of nitrogens with zero attached hydrogens (tertiary/aromatic N) is 8. The molecule has 8 aromatic carbocycles. The quantitative estimate of drug-likeness (QED) is 0.00578. The second-order valence-corrected chi connectivity index (χ2v) is 45.5. The Morgan fingerprint density at radius 2 is 0.793 bits per heavy atom. The Morgan fingerprint density at radius 3 is 1.12 bits per heavy atom. The van der Waals surface area contributed by atoms with Crippen molar-refractivity contribution < 1.29 is 163 Å². The first-order valence-corrected chi connectivity index (χ1v) is 55.6. The van der Waals surface area contributed by atoms with Crippen LogP contribution in [0.1, 0.15) is 190 Å². The van der Waals surface area contributed by atoms with Crippen molar-refractivity contribution >= 4 is 108 Å². The summed E-state index contributed by atoms with van der Waals surface area (Å²) in [7, 11) is -11.5. The number of hydrogen-bond donors (Lipinski definition) is 5. The first-order chi connectivity index (χ1) is 67.7. The number of fused-ring (bicyclic) bond motifs is 9. The molecule has 10 aromatic rings. The smallest absolute Gasteiger partial charge is 0.773 e. The van der Waals surface area contributed by atoms with E-state index in [-0.39, 0.29) is 198 Å². The molecule has 6 aliphatic rings.